The Morgan fingerprint density at radius 3 is 1.94 bits per heavy atom. The fourth-order valence-electron chi connectivity index (χ4n) is 4.22. The lowest BCUT2D eigenvalue weighted by molar-refractivity contribution is -0.151. The summed E-state index contributed by atoms with van der Waals surface area (Å²) in [5.41, 5.74) is 0. The van der Waals surface area contributed by atoms with Gasteiger partial charge in [-0.25, -0.2) is 0 Å². The molecule has 0 saturated carbocycles. The van der Waals surface area contributed by atoms with E-state index in [9.17, 15) is 9.90 Å². The van der Waals surface area contributed by atoms with Gasteiger partial charge in [0.15, 0.2) is 0 Å². The molecule has 2 aromatic rings. The van der Waals surface area contributed by atoms with Crippen LogP contribution in [0.25, 0.3) is 0 Å². The molecular weight excluding hydrogens is 404 g/mol. The quantitative estimate of drug-likeness (QED) is 0.346. The van der Waals surface area contributed by atoms with Crippen LogP contribution in [0.3, 0.4) is 0 Å². The van der Waals surface area contributed by atoms with E-state index in [0.29, 0.717) is 13.0 Å². The van der Waals surface area contributed by atoms with Gasteiger partial charge in [-0.2, -0.15) is 0 Å². The van der Waals surface area contributed by atoms with Crippen molar-refractivity contribution in [2.75, 3.05) is 13.7 Å². The predicted octanol–water partition coefficient (Wildman–Crippen LogP) is 3.93. The van der Waals surface area contributed by atoms with Gasteiger partial charge in [-0.1, -0.05) is 94.4 Å². The lowest BCUT2D eigenvalue weighted by atomic mass is 9.90. The van der Waals surface area contributed by atoms with E-state index < -0.39 is 26.3 Å². The van der Waals surface area contributed by atoms with E-state index in [1.807, 2.05) is 43.3 Å². The molecule has 0 bridgehead atoms. The molecule has 0 heterocycles. The highest BCUT2D eigenvalue weighted by atomic mass is 28.4. The van der Waals surface area contributed by atoms with E-state index in [1.165, 1.54) is 17.5 Å². The maximum Gasteiger partial charge on any atom is 0.311 e. The van der Waals surface area contributed by atoms with Gasteiger partial charge in [0.1, 0.15) is 0 Å². The first-order chi connectivity index (χ1) is 14.7. The van der Waals surface area contributed by atoms with Crippen LogP contribution in [0.1, 0.15) is 34.1 Å². The first kappa shape index (κ1) is 25.1. The molecule has 0 aliphatic rings. The number of benzene rings is 2. The molecule has 0 saturated heterocycles. The average molecular weight is 441 g/mol. The molecule has 168 valence electrons. The van der Waals surface area contributed by atoms with Gasteiger partial charge in [0.05, 0.1) is 19.1 Å². The standard InChI is InChI=1S/C26H36O4Si/c1-7-14-23(25(28)29-6)24(27)20(2)19-30-31(26(3,4)5,21-15-10-8-11-16-21)22-17-12-9-13-18-22/h7-13,15-18,20,23-24,27H,1,14,19H2,2-6H3/t20-,23-,24+/m0/s1. The third kappa shape index (κ3) is 5.53. The van der Waals surface area contributed by atoms with E-state index in [-0.39, 0.29) is 11.0 Å². The molecule has 0 amide bonds. The monoisotopic (exact) mass is 440 g/mol. The van der Waals surface area contributed by atoms with Crippen molar-refractivity contribution >= 4 is 24.7 Å². The fraction of sp³-hybridized carbons (Fsp3) is 0.423. The summed E-state index contributed by atoms with van der Waals surface area (Å²) in [7, 11) is -1.35. The molecule has 5 heteroatoms. The summed E-state index contributed by atoms with van der Waals surface area (Å²) >= 11 is 0. The minimum Gasteiger partial charge on any atom is -0.469 e. The first-order valence-corrected chi connectivity index (χ1v) is 12.7. The van der Waals surface area contributed by atoms with Crippen molar-refractivity contribution in [3.8, 4) is 0 Å². The Bertz CT molecular complexity index is 790. The number of esters is 1. The summed E-state index contributed by atoms with van der Waals surface area (Å²) in [6.07, 6.45) is 1.11. The molecule has 0 radical (unpaired) electrons. The molecule has 0 aliphatic carbocycles. The van der Waals surface area contributed by atoms with Crippen LogP contribution in [-0.2, 0) is 14.0 Å². The number of allylic oxidation sites excluding steroid dienone is 1. The Balaban J connectivity index is 2.43. The summed E-state index contributed by atoms with van der Waals surface area (Å²) in [4.78, 5) is 12.2. The predicted molar refractivity (Wildman–Crippen MR) is 129 cm³/mol. The number of hydrogen-bond acceptors (Lipinski definition) is 4. The number of hydrogen-bond donors (Lipinski definition) is 1. The number of aliphatic hydroxyl groups excluding tert-OH is 1. The Morgan fingerprint density at radius 1 is 1.06 bits per heavy atom. The molecule has 0 spiro atoms. The smallest absolute Gasteiger partial charge is 0.311 e. The Labute approximate surface area is 188 Å². The van der Waals surface area contributed by atoms with Crippen LogP contribution in [0, 0.1) is 11.8 Å². The van der Waals surface area contributed by atoms with Gasteiger partial charge >= 0.3 is 5.97 Å². The van der Waals surface area contributed by atoms with Crippen molar-refractivity contribution in [1.82, 2.24) is 0 Å². The van der Waals surface area contributed by atoms with Crippen LogP contribution in [0.4, 0.5) is 0 Å². The zero-order chi connectivity index (χ0) is 23.1. The molecule has 0 fully saturated rings. The van der Waals surface area contributed by atoms with Crippen molar-refractivity contribution in [2.24, 2.45) is 11.8 Å². The molecule has 3 atom stereocenters. The van der Waals surface area contributed by atoms with Crippen LogP contribution in [0.15, 0.2) is 73.3 Å². The van der Waals surface area contributed by atoms with Crippen LogP contribution in [-0.4, -0.2) is 39.2 Å². The Morgan fingerprint density at radius 2 is 1.55 bits per heavy atom. The number of carbonyl (C=O) groups excluding carboxylic acids is 1. The summed E-state index contributed by atoms with van der Waals surface area (Å²) in [5, 5.41) is 13.2. The van der Waals surface area contributed by atoms with E-state index in [2.05, 4.69) is 51.6 Å². The summed E-state index contributed by atoms with van der Waals surface area (Å²) in [6, 6.07) is 20.8. The highest BCUT2D eigenvalue weighted by Gasteiger charge is 2.50. The van der Waals surface area contributed by atoms with Crippen LogP contribution in [0.5, 0.6) is 0 Å². The van der Waals surface area contributed by atoms with Crippen molar-refractivity contribution in [3.63, 3.8) is 0 Å². The summed E-state index contributed by atoms with van der Waals surface area (Å²) in [6.45, 7) is 12.6. The Hall–Kier alpha value is -2.21. The summed E-state index contributed by atoms with van der Waals surface area (Å²) < 4.78 is 11.8. The van der Waals surface area contributed by atoms with Gasteiger partial charge in [0.25, 0.3) is 8.32 Å². The van der Waals surface area contributed by atoms with Crippen molar-refractivity contribution in [2.45, 2.75) is 45.3 Å². The maximum atomic E-state index is 12.2. The highest BCUT2D eigenvalue weighted by molar-refractivity contribution is 6.99. The second-order valence-corrected chi connectivity index (χ2v) is 13.4. The van der Waals surface area contributed by atoms with Gasteiger partial charge in [-0.3, -0.25) is 4.79 Å². The van der Waals surface area contributed by atoms with Gasteiger partial charge < -0.3 is 14.3 Å². The highest BCUT2D eigenvalue weighted by Crippen LogP contribution is 2.37. The molecule has 1 N–H and O–H groups in total. The second-order valence-electron chi connectivity index (χ2n) is 9.10. The molecule has 4 nitrogen and oxygen atoms in total. The molecule has 31 heavy (non-hydrogen) atoms. The van der Waals surface area contributed by atoms with Crippen molar-refractivity contribution in [3.05, 3.63) is 73.3 Å². The van der Waals surface area contributed by atoms with Crippen molar-refractivity contribution in [1.29, 1.82) is 0 Å². The topological polar surface area (TPSA) is 55.8 Å². The van der Waals surface area contributed by atoms with Crippen LogP contribution in [0.2, 0.25) is 5.04 Å². The first-order valence-electron chi connectivity index (χ1n) is 10.8. The van der Waals surface area contributed by atoms with E-state index in [1.54, 1.807) is 6.08 Å². The average Bonchev–Trinajstić information content (AvgIpc) is 2.77. The van der Waals surface area contributed by atoms with Gasteiger partial charge in [-0.05, 0) is 21.8 Å². The number of ether oxygens (including phenoxy) is 1. The third-order valence-electron chi connectivity index (χ3n) is 5.90. The molecule has 0 aliphatic heterocycles. The second kappa shape index (κ2) is 10.9. The zero-order valence-electron chi connectivity index (χ0n) is 19.4. The minimum absolute atomic E-state index is 0.150. The van der Waals surface area contributed by atoms with Gasteiger partial charge in [0, 0.05) is 12.5 Å². The fourth-order valence-corrected chi connectivity index (χ4v) is 8.89. The van der Waals surface area contributed by atoms with Gasteiger partial charge in [-0.15, -0.1) is 6.58 Å². The molecule has 0 aromatic heterocycles. The largest absolute Gasteiger partial charge is 0.469 e. The van der Waals surface area contributed by atoms with Crippen LogP contribution < -0.4 is 10.4 Å². The minimum atomic E-state index is -2.69. The molecule has 2 aromatic carbocycles. The molecular formula is C26H36O4Si. The molecule has 2 rings (SSSR count). The summed E-state index contributed by atoms with van der Waals surface area (Å²) in [5.74, 6) is -1.34. The maximum absolute atomic E-state index is 12.2. The van der Waals surface area contributed by atoms with Crippen molar-refractivity contribution < 1.29 is 19.1 Å². The lowest BCUT2D eigenvalue weighted by Gasteiger charge is -2.44. The van der Waals surface area contributed by atoms with E-state index in [0.717, 1.165) is 0 Å². The van der Waals surface area contributed by atoms with Crippen LogP contribution >= 0.6 is 0 Å². The SMILES string of the molecule is C=CC[C@H](C(=O)OC)[C@H](O)[C@@H](C)CO[Si](c1ccccc1)(c1ccccc1)C(C)(C)C. The number of carbonyl (C=O) groups is 1. The third-order valence-corrected chi connectivity index (χ3v) is 10.9. The number of aliphatic hydroxyl groups is 1. The number of rotatable bonds is 10. The van der Waals surface area contributed by atoms with E-state index in [4.69, 9.17) is 9.16 Å². The Kier molecular flexibility index (Phi) is 8.80. The number of methoxy groups -OCH3 is 1. The lowest BCUT2D eigenvalue weighted by Crippen LogP contribution is -2.67. The van der Waals surface area contributed by atoms with Gasteiger partial charge in [0.2, 0.25) is 0 Å². The zero-order valence-corrected chi connectivity index (χ0v) is 20.4. The normalized spacial score (nSPS) is 15.0. The molecule has 0 unspecified atom stereocenters. The van der Waals surface area contributed by atoms with E-state index >= 15 is 0 Å².